The van der Waals surface area contributed by atoms with E-state index in [-0.39, 0.29) is 29.1 Å². The van der Waals surface area contributed by atoms with E-state index in [9.17, 15) is 14.9 Å². The topological polar surface area (TPSA) is 98.7 Å². The number of para-hydroxylation sites is 2. The molecule has 1 fully saturated rings. The molecular weight excluding hydrogens is 398 g/mol. The molecule has 160 valence electrons. The Morgan fingerprint density at radius 1 is 1.16 bits per heavy atom. The number of carbonyl (C=O) groups is 1. The van der Waals surface area contributed by atoms with Crippen LogP contribution in [0.4, 0.5) is 11.4 Å². The summed E-state index contributed by atoms with van der Waals surface area (Å²) in [5, 5.41) is 11.3. The number of benzene rings is 2. The van der Waals surface area contributed by atoms with Crippen molar-refractivity contribution >= 4 is 17.3 Å². The van der Waals surface area contributed by atoms with E-state index in [0.29, 0.717) is 49.0 Å². The van der Waals surface area contributed by atoms with Gasteiger partial charge in [0.2, 0.25) is 5.89 Å². The zero-order valence-corrected chi connectivity index (χ0v) is 17.2. The van der Waals surface area contributed by atoms with Crippen molar-refractivity contribution in [3.05, 3.63) is 76.2 Å². The lowest BCUT2D eigenvalue weighted by Crippen LogP contribution is -2.37. The first-order valence-corrected chi connectivity index (χ1v) is 10.2. The van der Waals surface area contributed by atoms with Crippen molar-refractivity contribution < 1.29 is 18.9 Å². The molecule has 0 amide bonds. The van der Waals surface area contributed by atoms with Gasteiger partial charge in [-0.1, -0.05) is 30.3 Å². The van der Waals surface area contributed by atoms with Crippen LogP contribution in [0.25, 0.3) is 11.5 Å². The highest BCUT2D eigenvalue weighted by Gasteiger charge is 2.29. The Labute approximate surface area is 179 Å². The number of rotatable bonds is 6. The molecule has 2 aromatic carbocycles. The van der Waals surface area contributed by atoms with Crippen molar-refractivity contribution in [2.75, 3.05) is 18.0 Å². The molecule has 8 nitrogen and oxygen atoms in total. The lowest BCUT2D eigenvalue weighted by Gasteiger charge is -2.32. The van der Waals surface area contributed by atoms with E-state index in [4.69, 9.17) is 9.15 Å². The fourth-order valence-corrected chi connectivity index (χ4v) is 3.77. The molecule has 0 N–H and O–H groups in total. The molecule has 0 saturated carbocycles. The van der Waals surface area contributed by atoms with Crippen LogP contribution in [-0.2, 0) is 16.1 Å². The minimum atomic E-state index is -0.375. The van der Waals surface area contributed by atoms with Gasteiger partial charge in [0.25, 0.3) is 5.69 Å². The summed E-state index contributed by atoms with van der Waals surface area (Å²) in [7, 11) is 0. The Morgan fingerprint density at radius 3 is 2.55 bits per heavy atom. The van der Waals surface area contributed by atoms with Gasteiger partial charge < -0.3 is 14.1 Å². The van der Waals surface area contributed by atoms with Crippen molar-refractivity contribution in [1.29, 1.82) is 0 Å². The number of esters is 1. The summed E-state index contributed by atoms with van der Waals surface area (Å²) in [6.45, 7) is 2.98. The summed E-state index contributed by atoms with van der Waals surface area (Å²) in [4.78, 5) is 29.9. The maximum atomic E-state index is 12.6. The summed E-state index contributed by atoms with van der Waals surface area (Å²) in [6.07, 6.45) is 1.16. The molecule has 8 heteroatoms. The molecule has 4 rings (SSSR count). The van der Waals surface area contributed by atoms with Crippen LogP contribution in [0, 0.1) is 23.0 Å². The molecule has 0 radical (unpaired) electrons. The fourth-order valence-electron chi connectivity index (χ4n) is 3.77. The van der Waals surface area contributed by atoms with Gasteiger partial charge in [0.05, 0.1) is 10.8 Å². The van der Waals surface area contributed by atoms with E-state index < -0.39 is 0 Å². The fraction of sp³-hybridized carbons (Fsp3) is 0.304. The quantitative estimate of drug-likeness (QED) is 0.328. The lowest BCUT2D eigenvalue weighted by molar-refractivity contribution is -0.384. The van der Waals surface area contributed by atoms with Crippen molar-refractivity contribution in [2.45, 2.75) is 26.4 Å². The minimum Gasteiger partial charge on any atom is -0.459 e. The van der Waals surface area contributed by atoms with E-state index >= 15 is 0 Å². The highest BCUT2D eigenvalue weighted by molar-refractivity contribution is 5.73. The molecule has 1 aliphatic rings. The van der Waals surface area contributed by atoms with Gasteiger partial charge in [0.1, 0.15) is 23.7 Å². The van der Waals surface area contributed by atoms with Crippen LogP contribution in [0.5, 0.6) is 0 Å². The van der Waals surface area contributed by atoms with Crippen LogP contribution in [-0.4, -0.2) is 29.0 Å². The number of carbonyl (C=O) groups excluding carboxylic acids is 1. The summed E-state index contributed by atoms with van der Waals surface area (Å²) in [5.74, 6) is 0.616. The Bertz CT molecular complexity index is 1070. The zero-order chi connectivity index (χ0) is 21.8. The summed E-state index contributed by atoms with van der Waals surface area (Å²) in [6, 6.07) is 16.2. The number of aryl methyl sites for hydroxylation is 1. The number of nitrogens with zero attached hydrogens (tertiary/aromatic N) is 3. The standard InChI is InChI=1S/C23H23N3O5/c1-16-19(24-22(31-16)17-7-3-2-4-8-17)15-30-23(27)18-11-13-25(14-12-18)20-9-5-6-10-21(20)26(28)29/h2-10,18H,11-15H2,1H3. The number of aromatic nitrogens is 1. The van der Waals surface area contributed by atoms with Crippen LogP contribution < -0.4 is 4.90 Å². The Balaban J connectivity index is 1.33. The van der Waals surface area contributed by atoms with Crippen LogP contribution >= 0.6 is 0 Å². The van der Waals surface area contributed by atoms with Gasteiger partial charge in [-0.25, -0.2) is 4.98 Å². The number of ether oxygens (including phenoxy) is 1. The van der Waals surface area contributed by atoms with E-state index in [1.165, 1.54) is 6.07 Å². The summed E-state index contributed by atoms with van der Waals surface area (Å²) in [5.41, 5.74) is 2.14. The number of oxazole rings is 1. The van der Waals surface area contributed by atoms with E-state index in [1.807, 2.05) is 35.2 Å². The van der Waals surface area contributed by atoms with Crippen molar-refractivity contribution in [2.24, 2.45) is 5.92 Å². The second-order valence-corrected chi connectivity index (χ2v) is 7.50. The monoisotopic (exact) mass is 421 g/mol. The molecule has 1 aromatic heterocycles. The first-order chi connectivity index (χ1) is 15.0. The van der Waals surface area contributed by atoms with Crippen LogP contribution in [0.3, 0.4) is 0 Å². The number of anilines is 1. The average molecular weight is 421 g/mol. The van der Waals surface area contributed by atoms with Crippen LogP contribution in [0.15, 0.2) is 59.0 Å². The third kappa shape index (κ3) is 4.58. The molecule has 2 heterocycles. The molecule has 0 atom stereocenters. The summed E-state index contributed by atoms with van der Waals surface area (Å²) >= 11 is 0. The van der Waals surface area contributed by atoms with Gasteiger partial charge in [0, 0.05) is 24.7 Å². The third-order valence-electron chi connectivity index (χ3n) is 5.51. The molecule has 0 bridgehead atoms. The second-order valence-electron chi connectivity index (χ2n) is 7.50. The molecular formula is C23H23N3O5. The van der Waals surface area contributed by atoms with Gasteiger partial charge in [0.15, 0.2) is 0 Å². The van der Waals surface area contributed by atoms with Crippen molar-refractivity contribution in [3.63, 3.8) is 0 Å². The number of hydrogen-bond donors (Lipinski definition) is 0. The molecule has 1 saturated heterocycles. The molecule has 31 heavy (non-hydrogen) atoms. The molecule has 0 aliphatic carbocycles. The predicted octanol–water partition coefficient (Wildman–Crippen LogP) is 4.52. The van der Waals surface area contributed by atoms with E-state index in [2.05, 4.69) is 4.98 Å². The highest BCUT2D eigenvalue weighted by Crippen LogP contribution is 2.31. The maximum Gasteiger partial charge on any atom is 0.309 e. The number of piperidine rings is 1. The van der Waals surface area contributed by atoms with Gasteiger partial charge in [-0.15, -0.1) is 0 Å². The first kappa shape index (κ1) is 20.6. The molecule has 1 aliphatic heterocycles. The Kier molecular flexibility index (Phi) is 5.97. The zero-order valence-electron chi connectivity index (χ0n) is 17.2. The SMILES string of the molecule is Cc1oc(-c2ccccc2)nc1COC(=O)C1CCN(c2ccccc2[N+](=O)[O-])CC1. The predicted molar refractivity (Wildman–Crippen MR) is 115 cm³/mol. The van der Waals surface area contributed by atoms with Gasteiger partial charge in [-0.3, -0.25) is 14.9 Å². The van der Waals surface area contributed by atoms with E-state index in [1.54, 1.807) is 25.1 Å². The van der Waals surface area contributed by atoms with Gasteiger partial charge >= 0.3 is 5.97 Å². The normalized spacial score (nSPS) is 14.4. The van der Waals surface area contributed by atoms with Gasteiger partial charge in [-0.05, 0) is 38.0 Å². The first-order valence-electron chi connectivity index (χ1n) is 10.2. The largest absolute Gasteiger partial charge is 0.459 e. The number of hydrogen-bond acceptors (Lipinski definition) is 7. The third-order valence-corrected chi connectivity index (χ3v) is 5.51. The molecule has 0 unspecified atom stereocenters. The van der Waals surface area contributed by atoms with Crippen LogP contribution in [0.2, 0.25) is 0 Å². The number of nitro benzene ring substituents is 1. The van der Waals surface area contributed by atoms with Crippen molar-refractivity contribution in [3.8, 4) is 11.5 Å². The minimum absolute atomic E-state index is 0.0609. The molecule has 0 spiro atoms. The smallest absolute Gasteiger partial charge is 0.309 e. The van der Waals surface area contributed by atoms with E-state index in [0.717, 1.165) is 5.56 Å². The average Bonchev–Trinajstić information content (AvgIpc) is 3.18. The Morgan fingerprint density at radius 2 is 1.84 bits per heavy atom. The lowest BCUT2D eigenvalue weighted by atomic mass is 9.96. The van der Waals surface area contributed by atoms with Crippen molar-refractivity contribution in [1.82, 2.24) is 4.98 Å². The molecule has 3 aromatic rings. The second kappa shape index (κ2) is 8.99. The maximum absolute atomic E-state index is 12.6. The number of nitro groups is 1. The Hall–Kier alpha value is -3.68. The highest BCUT2D eigenvalue weighted by atomic mass is 16.6. The summed E-state index contributed by atoms with van der Waals surface area (Å²) < 4.78 is 11.2. The van der Waals surface area contributed by atoms with Crippen LogP contribution in [0.1, 0.15) is 24.3 Å². The van der Waals surface area contributed by atoms with Gasteiger partial charge in [-0.2, -0.15) is 0 Å².